The van der Waals surface area contributed by atoms with Gasteiger partial charge in [-0.25, -0.2) is 0 Å². The van der Waals surface area contributed by atoms with Crippen molar-refractivity contribution in [2.45, 2.75) is 39.5 Å². The van der Waals surface area contributed by atoms with Gasteiger partial charge in [-0.15, -0.1) is 6.54 Å². The van der Waals surface area contributed by atoms with Crippen LogP contribution in [0.4, 0.5) is 0 Å². The second-order valence-corrected chi connectivity index (χ2v) is 3.09. The summed E-state index contributed by atoms with van der Waals surface area (Å²) < 4.78 is 0. The van der Waals surface area contributed by atoms with Crippen LogP contribution in [0.3, 0.4) is 0 Å². The van der Waals surface area contributed by atoms with Gasteiger partial charge in [0.15, 0.2) is 0 Å². The quantitative estimate of drug-likeness (QED) is 0.318. The molecular formula is C12H31N2O2Ti-. The molecule has 0 fully saturated rings. The van der Waals surface area contributed by atoms with Crippen molar-refractivity contribution < 1.29 is 31.9 Å². The minimum Gasteiger partial charge on any atom is -0.397 e. The average Bonchev–Trinajstić information content (AvgIpc) is 2.26. The van der Waals surface area contributed by atoms with Crippen molar-refractivity contribution in [3.05, 3.63) is 6.92 Å². The maximum absolute atomic E-state index is 7.57. The third kappa shape index (κ3) is 61.4. The molecule has 0 spiro atoms. The summed E-state index contributed by atoms with van der Waals surface area (Å²) in [5.74, 6) is 0. The van der Waals surface area contributed by atoms with Crippen LogP contribution in [0.25, 0.3) is 0 Å². The van der Waals surface area contributed by atoms with Gasteiger partial charge in [-0.2, -0.15) is 0 Å². The van der Waals surface area contributed by atoms with Gasteiger partial charge in [0.25, 0.3) is 0 Å². The molecule has 0 aromatic heterocycles. The Balaban J connectivity index is -0.000000102. The Kier molecular flexibility index (Phi) is 55.4. The molecule has 0 unspecified atom stereocenters. The summed E-state index contributed by atoms with van der Waals surface area (Å²) in [5, 5.41) is 18.3. The molecule has 0 aliphatic carbocycles. The van der Waals surface area contributed by atoms with Crippen LogP contribution in [0.2, 0.25) is 0 Å². The first-order valence-electron chi connectivity index (χ1n) is 6.16. The van der Waals surface area contributed by atoms with Crippen molar-refractivity contribution in [2.75, 3.05) is 32.8 Å². The molecule has 4 nitrogen and oxygen atoms in total. The normalized spacial score (nSPS) is 8.12. The van der Waals surface area contributed by atoms with Crippen LogP contribution in [-0.2, 0) is 21.7 Å². The minimum absolute atomic E-state index is 0. The fourth-order valence-corrected chi connectivity index (χ4v) is 0.873. The Morgan fingerprint density at radius 3 is 1.76 bits per heavy atom. The summed E-state index contributed by atoms with van der Waals surface area (Å²) in [7, 11) is 0. The number of nitrogens with one attached hydrogen (secondary N) is 1. The van der Waals surface area contributed by atoms with E-state index < -0.39 is 0 Å². The molecule has 0 rings (SSSR count). The summed E-state index contributed by atoms with van der Waals surface area (Å²) in [5.41, 5.74) is 5.34. The summed E-state index contributed by atoms with van der Waals surface area (Å²) in [4.78, 5) is 0. The monoisotopic (exact) mass is 283 g/mol. The molecule has 0 radical (unpaired) electrons. The second-order valence-electron chi connectivity index (χ2n) is 3.09. The molecule has 0 saturated carbocycles. The zero-order chi connectivity index (χ0) is 13.1. The number of unbranched alkanes of at least 4 members (excludes halogenated alkanes) is 3. The maximum atomic E-state index is 7.57. The van der Waals surface area contributed by atoms with E-state index in [-0.39, 0.29) is 34.9 Å². The van der Waals surface area contributed by atoms with Gasteiger partial charge in [-0.05, 0) is 39.8 Å². The van der Waals surface area contributed by atoms with Crippen LogP contribution in [-0.4, -0.2) is 43.1 Å². The van der Waals surface area contributed by atoms with Gasteiger partial charge in [-0.3, -0.25) is 0 Å². The van der Waals surface area contributed by atoms with Crippen LogP contribution in [0.1, 0.15) is 39.5 Å². The molecule has 106 valence electrons. The Morgan fingerprint density at radius 1 is 1.00 bits per heavy atom. The van der Waals surface area contributed by atoms with Gasteiger partial charge in [0, 0.05) is 34.9 Å². The first-order valence-corrected chi connectivity index (χ1v) is 6.16. The largest absolute Gasteiger partial charge is 0.397 e. The number of hydrogen-bond acceptors (Lipinski definition) is 4. The Hall–Kier alpha value is 0.554. The van der Waals surface area contributed by atoms with Crippen molar-refractivity contribution >= 4 is 0 Å². The predicted molar refractivity (Wildman–Crippen MR) is 71.3 cm³/mol. The van der Waals surface area contributed by atoms with E-state index in [0.29, 0.717) is 0 Å². The fraction of sp³-hybridized carbons (Fsp3) is 0.917. The smallest absolute Gasteiger partial charge is 0.0402 e. The Bertz CT molecular complexity index is 78.9. The summed E-state index contributed by atoms with van der Waals surface area (Å²) in [6, 6.07) is 0. The van der Waals surface area contributed by atoms with Crippen LogP contribution in [0.15, 0.2) is 0 Å². The maximum Gasteiger partial charge on any atom is 0.0402 e. The minimum atomic E-state index is 0. The molecule has 0 heterocycles. The van der Waals surface area contributed by atoms with E-state index in [1.54, 1.807) is 13.8 Å². The van der Waals surface area contributed by atoms with E-state index in [1.807, 2.05) is 0 Å². The second kappa shape index (κ2) is 36.0. The van der Waals surface area contributed by atoms with Crippen molar-refractivity contribution in [1.82, 2.24) is 5.32 Å². The zero-order valence-electron chi connectivity index (χ0n) is 11.5. The molecule has 0 amide bonds. The van der Waals surface area contributed by atoms with Gasteiger partial charge in [-0.1, -0.05) is 12.8 Å². The number of hydrogen-bond donors (Lipinski definition) is 4. The third-order valence-corrected chi connectivity index (χ3v) is 1.48. The van der Waals surface area contributed by atoms with E-state index in [0.717, 1.165) is 19.6 Å². The van der Waals surface area contributed by atoms with E-state index in [9.17, 15) is 0 Å². The first kappa shape index (κ1) is 26.2. The topological polar surface area (TPSA) is 78.5 Å². The zero-order valence-corrected chi connectivity index (χ0v) is 13.1. The molecule has 17 heavy (non-hydrogen) atoms. The average molecular weight is 283 g/mol. The van der Waals surface area contributed by atoms with Gasteiger partial charge in [0.2, 0.25) is 0 Å². The van der Waals surface area contributed by atoms with Gasteiger partial charge >= 0.3 is 0 Å². The summed E-state index contributed by atoms with van der Waals surface area (Å²) in [6.45, 7) is 10.3. The van der Waals surface area contributed by atoms with Crippen LogP contribution < -0.4 is 11.1 Å². The number of rotatable bonds is 7. The van der Waals surface area contributed by atoms with Crippen LogP contribution in [0, 0.1) is 6.92 Å². The molecule has 0 bridgehead atoms. The van der Waals surface area contributed by atoms with E-state index in [1.165, 1.54) is 25.7 Å². The van der Waals surface area contributed by atoms with Crippen LogP contribution >= 0.6 is 0 Å². The summed E-state index contributed by atoms with van der Waals surface area (Å²) >= 11 is 0. The van der Waals surface area contributed by atoms with Crippen LogP contribution in [0.5, 0.6) is 0 Å². The molecular weight excluding hydrogens is 252 g/mol. The molecule has 0 aliphatic heterocycles. The Morgan fingerprint density at radius 2 is 1.41 bits per heavy atom. The molecule has 0 saturated heterocycles. The standard InChI is InChI=1S/C8H19N2.2C2H6O.Ti/c1-2-10-8-6-4-3-5-7-9;2*1-2-3;/h10H,1-9H2;2*3H,2H2,1H3;/q-1;;;. The fourth-order valence-electron chi connectivity index (χ4n) is 0.873. The SMILES string of the molecule is CCO.CCO.[CH2-]CNCCCCCCN.[Ti]. The molecule has 0 aromatic rings. The number of aliphatic hydroxyl groups is 2. The summed E-state index contributed by atoms with van der Waals surface area (Å²) in [6.07, 6.45) is 5.00. The molecule has 5 heteroatoms. The van der Waals surface area contributed by atoms with E-state index >= 15 is 0 Å². The van der Waals surface area contributed by atoms with Crippen molar-refractivity contribution in [2.24, 2.45) is 5.73 Å². The first-order chi connectivity index (χ1) is 7.74. The van der Waals surface area contributed by atoms with Gasteiger partial charge in [0.1, 0.15) is 0 Å². The van der Waals surface area contributed by atoms with Gasteiger partial charge in [0.05, 0.1) is 0 Å². The van der Waals surface area contributed by atoms with Crippen molar-refractivity contribution in [3.63, 3.8) is 0 Å². The molecule has 0 atom stereocenters. The molecule has 0 aromatic carbocycles. The van der Waals surface area contributed by atoms with E-state index in [4.69, 9.17) is 15.9 Å². The predicted octanol–water partition coefficient (Wildman–Crippen LogP) is 0.924. The van der Waals surface area contributed by atoms with Crippen molar-refractivity contribution in [1.29, 1.82) is 0 Å². The Labute approximate surface area is 122 Å². The van der Waals surface area contributed by atoms with E-state index in [2.05, 4.69) is 12.2 Å². The number of nitrogens with two attached hydrogens (primary N) is 1. The van der Waals surface area contributed by atoms with Gasteiger partial charge < -0.3 is 28.2 Å². The van der Waals surface area contributed by atoms with Crippen molar-refractivity contribution in [3.8, 4) is 0 Å². The molecule has 5 N–H and O–H groups in total. The third-order valence-electron chi connectivity index (χ3n) is 1.48. The number of aliphatic hydroxyl groups excluding tert-OH is 2. The molecule has 0 aliphatic rings.